The lowest BCUT2D eigenvalue weighted by molar-refractivity contribution is 0.0685. The van der Waals surface area contributed by atoms with Crippen molar-refractivity contribution in [2.45, 2.75) is 18.4 Å². The fourth-order valence-corrected chi connectivity index (χ4v) is 4.11. The van der Waals surface area contributed by atoms with Crippen molar-refractivity contribution in [2.75, 3.05) is 12.4 Å². The van der Waals surface area contributed by atoms with Crippen LogP contribution in [0.5, 0.6) is 5.75 Å². The first-order valence-electron chi connectivity index (χ1n) is 8.71. The molecule has 0 bridgehead atoms. The number of fused-ring (bicyclic) bond motifs is 3. The average molecular weight is 365 g/mol. The van der Waals surface area contributed by atoms with Crippen LogP contribution in [0.1, 0.15) is 50.2 Å². The monoisotopic (exact) mass is 365 g/mol. The normalized spacial score (nSPS) is 22.5. The summed E-state index contributed by atoms with van der Waals surface area (Å²) in [5.41, 5.74) is 3.16. The van der Waals surface area contributed by atoms with Gasteiger partial charge in [0.25, 0.3) is 0 Å². The van der Waals surface area contributed by atoms with Gasteiger partial charge >= 0.3 is 11.9 Å². The molecular formula is C21H19NO5. The Morgan fingerprint density at radius 1 is 1.07 bits per heavy atom. The molecule has 1 aliphatic carbocycles. The third-order valence-electron chi connectivity index (χ3n) is 5.42. The minimum atomic E-state index is -0.985. The molecule has 1 aliphatic heterocycles. The van der Waals surface area contributed by atoms with E-state index in [1.807, 2.05) is 12.1 Å². The summed E-state index contributed by atoms with van der Waals surface area (Å²) in [5, 5.41) is 22.0. The summed E-state index contributed by atoms with van der Waals surface area (Å²) in [6.45, 7) is 0. The largest absolute Gasteiger partial charge is 0.495 e. The molecule has 3 atom stereocenters. The van der Waals surface area contributed by atoms with Gasteiger partial charge in [0, 0.05) is 5.92 Å². The van der Waals surface area contributed by atoms with Gasteiger partial charge in [-0.05, 0) is 47.7 Å². The van der Waals surface area contributed by atoms with Crippen LogP contribution in [0.15, 0.2) is 48.6 Å². The number of benzene rings is 2. The maximum Gasteiger partial charge on any atom is 0.335 e. The molecule has 0 spiro atoms. The predicted molar refractivity (Wildman–Crippen MR) is 99.7 cm³/mol. The maximum absolute atomic E-state index is 11.5. The number of carboxylic acids is 2. The molecular weight excluding hydrogens is 346 g/mol. The molecule has 4 rings (SSSR count). The highest BCUT2D eigenvalue weighted by molar-refractivity contribution is 5.90. The van der Waals surface area contributed by atoms with E-state index in [9.17, 15) is 14.7 Å². The first-order chi connectivity index (χ1) is 13.0. The SMILES string of the molecule is COc1cc(C(=O)O)cc2c1N[C@H](c1ccc(C(=O)O)cc1)[C@@H]1CC=C[C@@H]21. The number of nitrogens with one attached hydrogen (secondary N) is 1. The molecule has 138 valence electrons. The predicted octanol–water partition coefficient (Wildman–Crippen LogP) is 3.92. The number of aromatic carboxylic acids is 2. The zero-order valence-corrected chi connectivity index (χ0v) is 14.7. The topological polar surface area (TPSA) is 95.9 Å². The third kappa shape index (κ3) is 2.83. The first kappa shape index (κ1) is 17.1. The van der Waals surface area contributed by atoms with Gasteiger partial charge in [0.1, 0.15) is 5.75 Å². The number of rotatable bonds is 4. The van der Waals surface area contributed by atoms with Crippen molar-refractivity contribution in [2.24, 2.45) is 5.92 Å². The van der Waals surface area contributed by atoms with Gasteiger partial charge in [-0.1, -0.05) is 24.3 Å². The fraction of sp³-hybridized carbons (Fsp3) is 0.238. The van der Waals surface area contributed by atoms with Crippen LogP contribution in [0.25, 0.3) is 0 Å². The van der Waals surface area contributed by atoms with Crippen LogP contribution in [-0.4, -0.2) is 29.3 Å². The van der Waals surface area contributed by atoms with E-state index in [-0.39, 0.29) is 29.0 Å². The average Bonchev–Trinajstić information content (AvgIpc) is 3.16. The molecule has 0 radical (unpaired) electrons. The Morgan fingerprint density at radius 3 is 2.41 bits per heavy atom. The molecule has 2 aromatic rings. The van der Waals surface area contributed by atoms with Crippen LogP contribution in [0.4, 0.5) is 5.69 Å². The molecule has 0 fully saturated rings. The van der Waals surface area contributed by atoms with E-state index in [4.69, 9.17) is 9.84 Å². The molecule has 2 aromatic carbocycles. The lowest BCUT2D eigenvalue weighted by atomic mass is 9.76. The Balaban J connectivity index is 1.79. The van der Waals surface area contributed by atoms with E-state index in [1.54, 1.807) is 18.2 Å². The quantitative estimate of drug-likeness (QED) is 0.711. The summed E-state index contributed by atoms with van der Waals surface area (Å²) in [4.78, 5) is 22.6. The van der Waals surface area contributed by atoms with Crippen molar-refractivity contribution in [1.29, 1.82) is 0 Å². The van der Waals surface area contributed by atoms with E-state index in [0.717, 1.165) is 23.2 Å². The number of hydrogen-bond acceptors (Lipinski definition) is 4. The molecule has 0 saturated carbocycles. The third-order valence-corrected chi connectivity index (χ3v) is 5.42. The van der Waals surface area contributed by atoms with Gasteiger partial charge in [-0.2, -0.15) is 0 Å². The Hall–Kier alpha value is -3.28. The number of ether oxygens (including phenoxy) is 1. The lowest BCUT2D eigenvalue weighted by Gasteiger charge is -2.38. The molecule has 3 N–H and O–H groups in total. The molecule has 6 nitrogen and oxygen atoms in total. The Kier molecular flexibility index (Phi) is 4.11. The van der Waals surface area contributed by atoms with Gasteiger partial charge in [0.05, 0.1) is 30.0 Å². The van der Waals surface area contributed by atoms with E-state index >= 15 is 0 Å². The van der Waals surface area contributed by atoms with Gasteiger partial charge in [0.2, 0.25) is 0 Å². The fourth-order valence-electron chi connectivity index (χ4n) is 4.11. The number of carboxylic acid groups (broad SMARTS) is 2. The number of carbonyl (C=O) groups is 2. The minimum Gasteiger partial charge on any atom is -0.495 e. The summed E-state index contributed by atoms with van der Waals surface area (Å²) in [6, 6.07) is 10.1. The van der Waals surface area contributed by atoms with Crippen LogP contribution in [0.2, 0.25) is 0 Å². The first-order valence-corrected chi connectivity index (χ1v) is 8.71. The second-order valence-electron chi connectivity index (χ2n) is 6.85. The van der Waals surface area contributed by atoms with Gasteiger partial charge in [0.15, 0.2) is 0 Å². The van der Waals surface area contributed by atoms with Crippen molar-refractivity contribution in [1.82, 2.24) is 0 Å². The highest BCUT2D eigenvalue weighted by atomic mass is 16.5. The van der Waals surface area contributed by atoms with Crippen LogP contribution in [0.3, 0.4) is 0 Å². The molecule has 2 aliphatic rings. The highest BCUT2D eigenvalue weighted by Gasteiger charge is 2.39. The standard InChI is InChI=1S/C21H19NO5/c1-27-17-10-13(21(25)26)9-16-14-3-2-4-15(14)18(22-19(16)17)11-5-7-12(8-6-11)20(23)24/h2-3,5-10,14-15,18,22H,4H2,1H3,(H,23,24)(H,25,26)/t14-,15-,18-/m1/s1. The van der Waals surface area contributed by atoms with Gasteiger partial charge < -0.3 is 20.3 Å². The molecule has 27 heavy (non-hydrogen) atoms. The van der Waals surface area contributed by atoms with Crippen molar-refractivity contribution in [3.05, 3.63) is 70.8 Å². The number of methoxy groups -OCH3 is 1. The summed E-state index contributed by atoms with van der Waals surface area (Å²) in [7, 11) is 1.52. The van der Waals surface area contributed by atoms with Crippen molar-refractivity contribution < 1.29 is 24.5 Å². The molecule has 0 saturated heterocycles. The van der Waals surface area contributed by atoms with Crippen LogP contribution >= 0.6 is 0 Å². The van der Waals surface area contributed by atoms with Gasteiger partial charge in [-0.15, -0.1) is 0 Å². The van der Waals surface area contributed by atoms with Crippen molar-refractivity contribution in [3.63, 3.8) is 0 Å². The van der Waals surface area contributed by atoms with Crippen LogP contribution in [0, 0.1) is 5.92 Å². The highest BCUT2D eigenvalue weighted by Crippen LogP contribution is 2.52. The zero-order valence-electron chi connectivity index (χ0n) is 14.7. The molecule has 6 heteroatoms. The molecule has 0 unspecified atom stereocenters. The van der Waals surface area contributed by atoms with Crippen LogP contribution < -0.4 is 10.1 Å². The molecule has 1 heterocycles. The molecule has 0 aromatic heterocycles. The summed E-state index contributed by atoms with van der Waals surface area (Å²) < 4.78 is 5.46. The second-order valence-corrected chi connectivity index (χ2v) is 6.85. The van der Waals surface area contributed by atoms with E-state index in [2.05, 4.69) is 17.5 Å². The van der Waals surface area contributed by atoms with E-state index in [0.29, 0.717) is 5.75 Å². The Labute approximate surface area is 156 Å². The smallest absolute Gasteiger partial charge is 0.335 e. The van der Waals surface area contributed by atoms with E-state index < -0.39 is 11.9 Å². The van der Waals surface area contributed by atoms with Crippen molar-refractivity contribution in [3.8, 4) is 5.75 Å². The maximum atomic E-state index is 11.5. The van der Waals surface area contributed by atoms with Crippen molar-refractivity contribution >= 4 is 17.6 Å². The minimum absolute atomic E-state index is 0.0232. The second kappa shape index (κ2) is 6.46. The number of anilines is 1. The van der Waals surface area contributed by atoms with Gasteiger partial charge in [-0.3, -0.25) is 0 Å². The van der Waals surface area contributed by atoms with E-state index in [1.165, 1.54) is 13.2 Å². The zero-order chi connectivity index (χ0) is 19.1. The van der Waals surface area contributed by atoms with Gasteiger partial charge in [-0.25, -0.2) is 9.59 Å². The summed E-state index contributed by atoms with van der Waals surface area (Å²) in [6.07, 6.45) is 5.10. The summed E-state index contributed by atoms with van der Waals surface area (Å²) >= 11 is 0. The Morgan fingerprint density at radius 2 is 1.78 bits per heavy atom. The number of allylic oxidation sites excluding steroid dienone is 2. The lowest BCUT2D eigenvalue weighted by Crippen LogP contribution is -2.29. The summed E-state index contributed by atoms with van der Waals surface area (Å²) in [5.74, 6) is -1.14. The molecule has 0 amide bonds. The van der Waals surface area contributed by atoms with Crippen LogP contribution in [-0.2, 0) is 0 Å². The Bertz CT molecular complexity index is 948. The number of hydrogen-bond donors (Lipinski definition) is 3.